The van der Waals surface area contributed by atoms with Crippen LogP contribution >= 0.6 is 22.9 Å². The molecule has 8 heteroatoms. The first-order chi connectivity index (χ1) is 9.34. The second-order valence-corrected chi connectivity index (χ2v) is 7.63. The third kappa shape index (κ3) is 2.80. The Kier molecular flexibility index (Phi) is 4.33. The monoisotopic (exact) mass is 331 g/mol. The van der Waals surface area contributed by atoms with Crippen molar-refractivity contribution in [1.82, 2.24) is 9.29 Å². The molecule has 0 fully saturated rings. The third-order valence-corrected chi connectivity index (χ3v) is 6.21. The number of halogens is 1. The Morgan fingerprint density at radius 3 is 2.80 bits per heavy atom. The van der Waals surface area contributed by atoms with E-state index < -0.39 is 10.0 Å². The number of sulfonamides is 1. The van der Waals surface area contributed by atoms with Gasteiger partial charge in [0.2, 0.25) is 10.0 Å². The summed E-state index contributed by atoms with van der Waals surface area (Å²) < 4.78 is 26.5. The minimum atomic E-state index is -3.75. The van der Waals surface area contributed by atoms with E-state index in [4.69, 9.17) is 17.3 Å². The molecule has 2 rings (SSSR count). The van der Waals surface area contributed by atoms with E-state index in [9.17, 15) is 8.42 Å². The van der Waals surface area contributed by atoms with E-state index in [0.717, 1.165) is 4.88 Å². The van der Waals surface area contributed by atoms with Gasteiger partial charge in [0.05, 0.1) is 11.1 Å². The summed E-state index contributed by atoms with van der Waals surface area (Å²) in [7, 11) is -2.24. The van der Waals surface area contributed by atoms with Crippen molar-refractivity contribution >= 4 is 38.8 Å². The lowest BCUT2D eigenvalue weighted by molar-refractivity contribution is 0.403. The molecular weight excluding hydrogens is 318 g/mol. The first-order valence-corrected chi connectivity index (χ1v) is 8.46. The fourth-order valence-electron chi connectivity index (χ4n) is 1.71. The summed E-state index contributed by atoms with van der Waals surface area (Å²) in [4.78, 5) is 4.67. The molecule has 0 spiro atoms. The predicted octanol–water partition coefficient (Wildman–Crippen LogP) is 2.76. The van der Waals surface area contributed by atoms with E-state index >= 15 is 0 Å². The summed E-state index contributed by atoms with van der Waals surface area (Å²) in [6, 6.07) is 4.79. The van der Waals surface area contributed by atoms with Crippen LogP contribution < -0.4 is 5.73 Å². The Bertz CT molecular complexity index is 701. The largest absolute Gasteiger partial charge is 0.383 e. The van der Waals surface area contributed by atoms with Gasteiger partial charge in [0.15, 0.2) is 0 Å². The second-order valence-electron chi connectivity index (χ2n) is 4.25. The number of rotatable bonds is 4. The molecule has 1 atom stereocenters. The average Bonchev–Trinajstić information content (AvgIpc) is 2.93. The summed E-state index contributed by atoms with van der Waals surface area (Å²) in [5.74, 6) is -0.0559. The van der Waals surface area contributed by atoms with Gasteiger partial charge in [-0.2, -0.15) is 4.31 Å². The molecular formula is C12H14ClN3O2S2. The van der Waals surface area contributed by atoms with Crippen LogP contribution in [0, 0.1) is 0 Å². The Morgan fingerprint density at radius 1 is 1.50 bits per heavy atom. The van der Waals surface area contributed by atoms with Crippen molar-refractivity contribution < 1.29 is 8.42 Å². The van der Waals surface area contributed by atoms with Crippen molar-refractivity contribution in [3.05, 3.63) is 39.7 Å². The van der Waals surface area contributed by atoms with Crippen molar-refractivity contribution in [2.75, 3.05) is 12.8 Å². The molecule has 2 heterocycles. The maximum Gasteiger partial charge on any atom is 0.247 e. The Hall–Kier alpha value is -1.15. The number of hydrogen-bond acceptors (Lipinski definition) is 5. The quantitative estimate of drug-likeness (QED) is 0.934. The molecule has 5 nitrogen and oxygen atoms in total. The molecule has 2 aromatic rings. The maximum atomic E-state index is 12.6. The molecule has 0 aliphatic rings. The van der Waals surface area contributed by atoms with E-state index in [1.165, 1.54) is 35.0 Å². The fraction of sp³-hybridized carbons (Fsp3) is 0.250. The lowest BCUT2D eigenvalue weighted by atomic mass is 10.3. The molecule has 0 aliphatic carbocycles. The minimum Gasteiger partial charge on any atom is -0.383 e. The summed E-state index contributed by atoms with van der Waals surface area (Å²) in [5.41, 5.74) is 5.66. The number of thiophene rings is 1. The van der Waals surface area contributed by atoms with Crippen LogP contribution in [0.5, 0.6) is 0 Å². The number of anilines is 1. The normalized spacial score (nSPS) is 13.6. The summed E-state index contributed by atoms with van der Waals surface area (Å²) in [5, 5.41) is 2.14. The fourth-order valence-corrected chi connectivity index (χ4v) is 4.26. The highest BCUT2D eigenvalue weighted by Gasteiger charge is 2.29. The molecule has 2 N–H and O–H groups in total. The molecule has 0 saturated heterocycles. The van der Waals surface area contributed by atoms with Gasteiger partial charge in [-0.25, -0.2) is 13.4 Å². The zero-order chi connectivity index (χ0) is 14.9. The molecule has 0 radical (unpaired) electrons. The Labute approximate surface area is 127 Å². The van der Waals surface area contributed by atoms with Crippen LogP contribution in [-0.2, 0) is 10.0 Å². The van der Waals surface area contributed by atoms with Gasteiger partial charge in [-0.1, -0.05) is 17.7 Å². The Balaban J connectivity index is 2.42. The van der Waals surface area contributed by atoms with Gasteiger partial charge < -0.3 is 5.73 Å². The summed E-state index contributed by atoms with van der Waals surface area (Å²) in [6.07, 6.45) is 1.32. The van der Waals surface area contributed by atoms with Crippen molar-refractivity contribution in [1.29, 1.82) is 0 Å². The molecule has 0 aromatic carbocycles. The van der Waals surface area contributed by atoms with Gasteiger partial charge >= 0.3 is 0 Å². The van der Waals surface area contributed by atoms with Crippen LogP contribution in [0.15, 0.2) is 34.7 Å². The van der Waals surface area contributed by atoms with Gasteiger partial charge in [0, 0.05) is 18.1 Å². The maximum absolute atomic E-state index is 12.6. The van der Waals surface area contributed by atoms with Gasteiger partial charge in [-0.15, -0.1) is 11.3 Å². The summed E-state index contributed by atoms with van der Waals surface area (Å²) in [6.45, 7) is 1.82. The van der Waals surface area contributed by atoms with Crippen molar-refractivity contribution in [3.63, 3.8) is 0 Å². The topological polar surface area (TPSA) is 76.3 Å². The second kappa shape index (κ2) is 5.69. The zero-order valence-electron chi connectivity index (χ0n) is 10.9. The number of pyridine rings is 1. The van der Waals surface area contributed by atoms with Crippen molar-refractivity contribution in [2.45, 2.75) is 17.9 Å². The lowest BCUT2D eigenvalue weighted by Gasteiger charge is -2.23. The van der Waals surface area contributed by atoms with Crippen LogP contribution in [-0.4, -0.2) is 24.8 Å². The highest BCUT2D eigenvalue weighted by molar-refractivity contribution is 7.89. The van der Waals surface area contributed by atoms with Gasteiger partial charge in [-0.3, -0.25) is 0 Å². The lowest BCUT2D eigenvalue weighted by Crippen LogP contribution is -2.30. The molecule has 2 aromatic heterocycles. The zero-order valence-corrected chi connectivity index (χ0v) is 13.3. The van der Waals surface area contributed by atoms with Crippen LogP contribution in [0.25, 0.3) is 0 Å². The van der Waals surface area contributed by atoms with E-state index in [0.29, 0.717) is 0 Å². The van der Waals surface area contributed by atoms with Crippen LogP contribution in [0.4, 0.5) is 5.82 Å². The molecule has 0 bridgehead atoms. The first-order valence-electron chi connectivity index (χ1n) is 5.76. The third-order valence-electron chi connectivity index (χ3n) is 3.01. The van der Waals surface area contributed by atoms with Gasteiger partial charge in [-0.05, 0) is 24.4 Å². The van der Waals surface area contributed by atoms with E-state index in [-0.39, 0.29) is 21.8 Å². The highest BCUT2D eigenvalue weighted by atomic mass is 35.5. The minimum absolute atomic E-state index is 0.0559. The van der Waals surface area contributed by atoms with Crippen LogP contribution in [0.1, 0.15) is 17.8 Å². The molecule has 108 valence electrons. The van der Waals surface area contributed by atoms with Gasteiger partial charge in [0.1, 0.15) is 10.7 Å². The van der Waals surface area contributed by atoms with Gasteiger partial charge in [0.25, 0.3) is 0 Å². The first kappa shape index (κ1) is 15.2. The number of nitrogens with zero attached hydrogens (tertiary/aromatic N) is 2. The number of aromatic nitrogens is 1. The number of nitrogens with two attached hydrogens (primary N) is 1. The van der Waals surface area contributed by atoms with E-state index in [1.807, 2.05) is 24.4 Å². The molecule has 20 heavy (non-hydrogen) atoms. The SMILES string of the molecule is C[C@@H](c1cccs1)N(C)S(=O)(=O)c1cc(Cl)cnc1N. The van der Waals surface area contributed by atoms with Crippen molar-refractivity contribution in [3.8, 4) is 0 Å². The Morgan fingerprint density at radius 2 is 2.20 bits per heavy atom. The molecule has 0 saturated carbocycles. The standard InChI is InChI=1S/C12H14ClN3O2S2/c1-8(10-4-3-5-19-10)16(2)20(17,18)11-6-9(13)7-15-12(11)14/h3-8H,1-2H3,(H2,14,15)/t8-/m0/s1. The average molecular weight is 332 g/mol. The highest BCUT2D eigenvalue weighted by Crippen LogP contribution is 2.30. The number of nitrogen functional groups attached to an aromatic ring is 1. The van der Waals surface area contributed by atoms with Crippen molar-refractivity contribution in [2.24, 2.45) is 0 Å². The predicted molar refractivity (Wildman–Crippen MR) is 81.3 cm³/mol. The van der Waals surface area contributed by atoms with E-state index in [2.05, 4.69) is 4.98 Å². The van der Waals surface area contributed by atoms with Crippen LogP contribution in [0.3, 0.4) is 0 Å². The molecule has 0 unspecified atom stereocenters. The number of hydrogen-bond donors (Lipinski definition) is 1. The summed E-state index contributed by atoms with van der Waals surface area (Å²) >= 11 is 7.31. The van der Waals surface area contributed by atoms with Crippen LogP contribution in [0.2, 0.25) is 5.02 Å². The molecule has 0 amide bonds. The smallest absolute Gasteiger partial charge is 0.247 e. The van der Waals surface area contributed by atoms with E-state index in [1.54, 1.807) is 0 Å². The molecule has 0 aliphatic heterocycles.